The van der Waals surface area contributed by atoms with Crippen LogP contribution in [-0.2, 0) is 16.4 Å². The van der Waals surface area contributed by atoms with Crippen LogP contribution in [0.25, 0.3) is 0 Å². The minimum Gasteiger partial charge on any atom is -0.372 e. The molecular weight excluding hydrogens is 257 g/mol. The number of sulfonamides is 1. The molecule has 5 nitrogen and oxygen atoms in total. The first-order chi connectivity index (χ1) is 8.44. The Hall–Kier alpha value is -1.63. The second kappa shape index (κ2) is 4.93. The molecule has 0 spiro atoms. The maximum atomic E-state index is 13.7. The highest BCUT2D eigenvalue weighted by molar-refractivity contribution is 7.92. The molecule has 2 rings (SSSR count). The summed E-state index contributed by atoms with van der Waals surface area (Å²) in [5.41, 5.74) is 0.710. The molecule has 0 bridgehead atoms. The monoisotopic (exact) mass is 271 g/mol. The summed E-state index contributed by atoms with van der Waals surface area (Å²) >= 11 is 0. The van der Waals surface area contributed by atoms with Crippen molar-refractivity contribution in [1.82, 2.24) is 5.32 Å². The number of nitrogens with one attached hydrogen (secondary N) is 2. The Morgan fingerprint density at radius 1 is 1.50 bits per heavy atom. The molecule has 0 atom stereocenters. The van der Waals surface area contributed by atoms with Crippen molar-refractivity contribution in [1.29, 1.82) is 0 Å². The number of hydrogen-bond acceptors (Lipinski definition) is 4. The van der Waals surface area contributed by atoms with E-state index in [2.05, 4.69) is 15.0 Å². The van der Waals surface area contributed by atoms with Gasteiger partial charge in [0.1, 0.15) is 11.7 Å². The smallest absolute Gasteiger partial charge is 0.229 e. The lowest BCUT2D eigenvalue weighted by atomic mass is 10.1. The number of nitrogens with zero attached hydrogens (tertiary/aromatic N) is 1. The van der Waals surface area contributed by atoms with E-state index in [9.17, 15) is 12.8 Å². The third-order valence-corrected chi connectivity index (χ3v) is 3.03. The topological polar surface area (TPSA) is 70.6 Å². The van der Waals surface area contributed by atoms with Crippen molar-refractivity contribution in [3.05, 3.63) is 29.6 Å². The zero-order valence-electron chi connectivity index (χ0n) is 9.90. The fraction of sp³-hybridized carbons (Fsp3) is 0.364. The van der Waals surface area contributed by atoms with Crippen LogP contribution in [0.1, 0.15) is 5.56 Å². The molecule has 0 radical (unpaired) electrons. The highest BCUT2D eigenvalue weighted by atomic mass is 32.2. The van der Waals surface area contributed by atoms with Crippen LogP contribution in [0, 0.1) is 5.82 Å². The first-order valence-corrected chi connectivity index (χ1v) is 7.36. The Morgan fingerprint density at radius 3 is 2.83 bits per heavy atom. The van der Waals surface area contributed by atoms with Gasteiger partial charge < -0.3 is 5.32 Å². The molecule has 98 valence electrons. The predicted molar refractivity (Wildman–Crippen MR) is 68.9 cm³/mol. The second-order valence-corrected chi connectivity index (χ2v) is 5.87. The van der Waals surface area contributed by atoms with Gasteiger partial charge in [-0.15, -0.1) is 0 Å². The van der Waals surface area contributed by atoms with Crippen LogP contribution in [0.15, 0.2) is 23.2 Å². The number of amidine groups is 1. The van der Waals surface area contributed by atoms with E-state index in [1.807, 2.05) is 0 Å². The summed E-state index contributed by atoms with van der Waals surface area (Å²) in [6, 6.07) is 4.41. The van der Waals surface area contributed by atoms with Gasteiger partial charge in [-0.3, -0.25) is 9.71 Å². The lowest BCUT2D eigenvalue weighted by Gasteiger charge is -2.07. The minimum atomic E-state index is -3.46. The molecule has 1 aromatic rings. The molecule has 7 heteroatoms. The zero-order valence-corrected chi connectivity index (χ0v) is 10.7. The zero-order chi connectivity index (χ0) is 13.2. The van der Waals surface area contributed by atoms with Crippen molar-refractivity contribution in [3.8, 4) is 0 Å². The summed E-state index contributed by atoms with van der Waals surface area (Å²) in [7, 11) is -3.46. The van der Waals surface area contributed by atoms with E-state index in [1.165, 1.54) is 12.1 Å². The van der Waals surface area contributed by atoms with Gasteiger partial charge >= 0.3 is 0 Å². The standard InChI is InChI=1S/C11H14FN3O2S/c1-18(16,17)15-10-3-2-8(6-9(10)12)7-11-13-4-5-14-11/h2-3,6,15H,4-5,7H2,1H3,(H,13,14). The van der Waals surface area contributed by atoms with Crippen LogP contribution in [0.4, 0.5) is 10.1 Å². The van der Waals surface area contributed by atoms with E-state index in [1.54, 1.807) is 6.07 Å². The van der Waals surface area contributed by atoms with Crippen LogP contribution >= 0.6 is 0 Å². The Balaban J connectivity index is 2.14. The average molecular weight is 271 g/mol. The summed E-state index contributed by atoms with van der Waals surface area (Å²) in [5, 5.41) is 3.09. The van der Waals surface area contributed by atoms with Crippen molar-refractivity contribution >= 4 is 21.5 Å². The van der Waals surface area contributed by atoms with Crippen LogP contribution in [0.2, 0.25) is 0 Å². The Kier molecular flexibility index (Phi) is 3.51. The van der Waals surface area contributed by atoms with Crippen LogP contribution < -0.4 is 10.0 Å². The van der Waals surface area contributed by atoms with E-state index in [0.717, 1.165) is 30.7 Å². The number of rotatable bonds is 4. The molecule has 0 saturated heterocycles. The second-order valence-electron chi connectivity index (χ2n) is 4.12. The van der Waals surface area contributed by atoms with E-state index in [4.69, 9.17) is 0 Å². The summed E-state index contributed by atoms with van der Waals surface area (Å²) < 4.78 is 37.8. The molecule has 0 fully saturated rings. The van der Waals surface area contributed by atoms with E-state index < -0.39 is 15.8 Å². The molecular formula is C11H14FN3O2S. The van der Waals surface area contributed by atoms with Gasteiger partial charge in [-0.1, -0.05) is 6.07 Å². The van der Waals surface area contributed by atoms with E-state index in [-0.39, 0.29) is 5.69 Å². The molecule has 0 amide bonds. The molecule has 0 aliphatic carbocycles. The van der Waals surface area contributed by atoms with E-state index >= 15 is 0 Å². The Labute approximate surface area is 105 Å². The van der Waals surface area contributed by atoms with Crippen LogP contribution in [0.3, 0.4) is 0 Å². The van der Waals surface area contributed by atoms with Crippen LogP contribution in [-0.4, -0.2) is 33.6 Å². The molecule has 0 unspecified atom stereocenters. The van der Waals surface area contributed by atoms with Gasteiger partial charge in [-0.2, -0.15) is 0 Å². The summed E-state index contributed by atoms with van der Waals surface area (Å²) in [6.45, 7) is 1.55. The fourth-order valence-corrected chi connectivity index (χ4v) is 2.27. The quantitative estimate of drug-likeness (QED) is 0.848. The number of aliphatic imine (C=N–C) groups is 1. The first kappa shape index (κ1) is 12.8. The number of anilines is 1. The summed E-state index contributed by atoms with van der Waals surface area (Å²) in [4.78, 5) is 4.21. The van der Waals surface area contributed by atoms with Gasteiger partial charge in [0.25, 0.3) is 0 Å². The first-order valence-electron chi connectivity index (χ1n) is 5.47. The van der Waals surface area contributed by atoms with Crippen molar-refractivity contribution in [2.75, 3.05) is 24.1 Å². The number of hydrogen-bond donors (Lipinski definition) is 2. The molecule has 1 aliphatic heterocycles. The third-order valence-electron chi connectivity index (χ3n) is 2.44. The molecule has 18 heavy (non-hydrogen) atoms. The Morgan fingerprint density at radius 2 is 2.28 bits per heavy atom. The SMILES string of the molecule is CS(=O)(=O)Nc1ccc(CC2=NCCN2)cc1F. The summed E-state index contributed by atoms with van der Waals surface area (Å²) in [6.07, 6.45) is 1.51. The lowest BCUT2D eigenvalue weighted by molar-refractivity contribution is 0.603. The van der Waals surface area contributed by atoms with Gasteiger partial charge in [0.15, 0.2) is 0 Å². The predicted octanol–water partition coefficient (Wildman–Crippen LogP) is 0.741. The highest BCUT2D eigenvalue weighted by Crippen LogP contribution is 2.17. The number of halogens is 1. The van der Waals surface area contributed by atoms with Crippen LogP contribution in [0.5, 0.6) is 0 Å². The maximum Gasteiger partial charge on any atom is 0.229 e. The van der Waals surface area contributed by atoms with Crippen molar-refractivity contribution in [2.24, 2.45) is 4.99 Å². The van der Waals surface area contributed by atoms with Crippen molar-refractivity contribution in [3.63, 3.8) is 0 Å². The molecule has 0 aromatic heterocycles. The molecule has 1 heterocycles. The highest BCUT2D eigenvalue weighted by Gasteiger charge is 2.10. The van der Waals surface area contributed by atoms with Gasteiger partial charge in [0.05, 0.1) is 18.5 Å². The van der Waals surface area contributed by atoms with Crippen molar-refractivity contribution < 1.29 is 12.8 Å². The van der Waals surface area contributed by atoms with Gasteiger partial charge in [0.2, 0.25) is 10.0 Å². The minimum absolute atomic E-state index is 0.0393. The third kappa shape index (κ3) is 3.43. The maximum absolute atomic E-state index is 13.7. The van der Waals surface area contributed by atoms with Gasteiger partial charge in [-0.05, 0) is 17.7 Å². The molecule has 1 aromatic carbocycles. The number of benzene rings is 1. The fourth-order valence-electron chi connectivity index (χ4n) is 1.71. The van der Waals surface area contributed by atoms with Gasteiger partial charge in [-0.25, -0.2) is 12.8 Å². The van der Waals surface area contributed by atoms with Gasteiger partial charge in [0, 0.05) is 13.0 Å². The molecule has 1 aliphatic rings. The van der Waals surface area contributed by atoms with E-state index in [0.29, 0.717) is 6.42 Å². The Bertz CT molecular complexity index is 584. The molecule has 2 N–H and O–H groups in total. The largest absolute Gasteiger partial charge is 0.372 e. The molecule has 0 saturated carbocycles. The average Bonchev–Trinajstić information content (AvgIpc) is 2.73. The van der Waals surface area contributed by atoms with Crippen molar-refractivity contribution in [2.45, 2.75) is 6.42 Å². The normalized spacial score (nSPS) is 15.1. The lowest BCUT2D eigenvalue weighted by Crippen LogP contribution is -2.20. The summed E-state index contributed by atoms with van der Waals surface area (Å²) in [5.74, 6) is 0.245.